The van der Waals surface area contributed by atoms with Crippen molar-refractivity contribution < 1.29 is 13.2 Å². The molecule has 4 rings (SSSR count). The number of benzene rings is 1. The molecule has 28 heavy (non-hydrogen) atoms. The highest BCUT2D eigenvalue weighted by Crippen LogP contribution is 2.30. The van der Waals surface area contributed by atoms with E-state index in [0.29, 0.717) is 11.6 Å². The first-order valence-electron chi connectivity index (χ1n) is 9.63. The fourth-order valence-corrected chi connectivity index (χ4v) is 6.48. The van der Waals surface area contributed by atoms with Gasteiger partial charge in [0.25, 0.3) is 0 Å². The van der Waals surface area contributed by atoms with Crippen LogP contribution in [0.5, 0.6) is 0 Å². The minimum Gasteiger partial charge on any atom is -0.335 e. The summed E-state index contributed by atoms with van der Waals surface area (Å²) in [6.45, 7) is 0. The number of hydrogen-bond acceptors (Lipinski definition) is 6. The first-order chi connectivity index (χ1) is 13.5. The number of carbonyl (C=O) groups is 1. The lowest BCUT2D eigenvalue weighted by Gasteiger charge is -2.34. The molecule has 0 unspecified atom stereocenters. The molecule has 2 fully saturated rings. The minimum atomic E-state index is -3.03. The maximum absolute atomic E-state index is 13.0. The van der Waals surface area contributed by atoms with Gasteiger partial charge in [-0.05, 0) is 31.4 Å². The Morgan fingerprint density at radius 1 is 1.14 bits per heavy atom. The Morgan fingerprint density at radius 3 is 2.57 bits per heavy atom. The van der Waals surface area contributed by atoms with Crippen molar-refractivity contribution in [2.24, 2.45) is 0 Å². The molecule has 1 saturated heterocycles. The molecule has 1 atom stereocenters. The van der Waals surface area contributed by atoms with E-state index in [-0.39, 0.29) is 35.2 Å². The van der Waals surface area contributed by atoms with Gasteiger partial charge >= 0.3 is 0 Å². The van der Waals surface area contributed by atoms with E-state index in [2.05, 4.69) is 10.1 Å². The van der Waals surface area contributed by atoms with Crippen LogP contribution in [-0.2, 0) is 14.6 Å². The summed E-state index contributed by atoms with van der Waals surface area (Å²) in [7, 11) is -3.03. The summed E-state index contributed by atoms with van der Waals surface area (Å²) in [5, 5.41) is 4.98. The highest BCUT2D eigenvalue weighted by atomic mass is 32.2. The molecule has 0 bridgehead atoms. The summed E-state index contributed by atoms with van der Waals surface area (Å²) in [5.41, 5.74) is 0.914. The smallest absolute Gasteiger partial charge is 0.233 e. The Morgan fingerprint density at radius 2 is 1.89 bits per heavy atom. The van der Waals surface area contributed by atoms with Crippen molar-refractivity contribution in [2.45, 2.75) is 49.3 Å². The van der Waals surface area contributed by atoms with Gasteiger partial charge < -0.3 is 4.90 Å². The number of amides is 1. The van der Waals surface area contributed by atoms with Gasteiger partial charge in [-0.25, -0.2) is 18.1 Å². The van der Waals surface area contributed by atoms with Crippen LogP contribution in [0.2, 0.25) is 0 Å². The molecule has 2 aliphatic rings. The topological polar surface area (TPSA) is 85.2 Å². The predicted molar refractivity (Wildman–Crippen MR) is 108 cm³/mol. The first-order valence-corrected chi connectivity index (χ1v) is 12.4. The molecule has 1 aliphatic heterocycles. The zero-order valence-corrected chi connectivity index (χ0v) is 17.2. The van der Waals surface area contributed by atoms with Crippen LogP contribution >= 0.6 is 11.8 Å². The molecule has 1 aromatic carbocycles. The van der Waals surface area contributed by atoms with Crippen LogP contribution in [0.3, 0.4) is 0 Å². The largest absolute Gasteiger partial charge is 0.335 e. The standard InChI is InChI=1S/C19H24N4O3S2/c24-18(12-27-19-20-14-22(21-19)15-6-2-1-3-7-15)23(16-8-4-5-9-16)17-10-11-28(25,26)13-17/h1-3,6-7,14,16-17H,4-5,8-13H2/t17-/m0/s1. The Hall–Kier alpha value is -1.87. The quantitative estimate of drug-likeness (QED) is 0.667. The third-order valence-corrected chi connectivity index (χ3v) is 8.01. The maximum Gasteiger partial charge on any atom is 0.233 e. The molecule has 1 aliphatic carbocycles. The van der Waals surface area contributed by atoms with Crippen LogP contribution in [0.4, 0.5) is 0 Å². The average molecular weight is 421 g/mol. The van der Waals surface area contributed by atoms with Gasteiger partial charge in [-0.2, -0.15) is 0 Å². The van der Waals surface area contributed by atoms with Gasteiger partial charge in [-0.15, -0.1) is 5.10 Å². The monoisotopic (exact) mass is 420 g/mol. The number of nitrogens with zero attached hydrogens (tertiary/aromatic N) is 4. The summed E-state index contributed by atoms with van der Waals surface area (Å²) in [6, 6.07) is 9.67. The minimum absolute atomic E-state index is 0.00457. The highest BCUT2D eigenvalue weighted by molar-refractivity contribution is 7.99. The van der Waals surface area contributed by atoms with Gasteiger partial charge in [0, 0.05) is 12.1 Å². The van der Waals surface area contributed by atoms with E-state index in [1.165, 1.54) is 11.8 Å². The van der Waals surface area contributed by atoms with Crippen LogP contribution in [-0.4, -0.2) is 63.3 Å². The molecule has 0 spiro atoms. The zero-order valence-electron chi connectivity index (χ0n) is 15.6. The van der Waals surface area contributed by atoms with Gasteiger partial charge in [-0.3, -0.25) is 4.79 Å². The zero-order chi connectivity index (χ0) is 19.6. The Labute approximate surface area is 169 Å². The normalized spacial score (nSPS) is 21.8. The molecular weight excluding hydrogens is 396 g/mol. The number of carbonyl (C=O) groups excluding carboxylic acids is 1. The van der Waals surface area contributed by atoms with E-state index >= 15 is 0 Å². The van der Waals surface area contributed by atoms with Crippen LogP contribution in [0, 0.1) is 0 Å². The molecule has 2 aromatic rings. The SMILES string of the molecule is O=C(CSc1ncn(-c2ccccc2)n1)N(C1CCCC1)[C@H]1CCS(=O)(=O)C1. The number of rotatable bonds is 6. The maximum atomic E-state index is 13.0. The van der Waals surface area contributed by atoms with E-state index in [9.17, 15) is 13.2 Å². The third-order valence-electron chi connectivity index (χ3n) is 5.42. The molecule has 1 aromatic heterocycles. The molecule has 0 N–H and O–H groups in total. The van der Waals surface area contributed by atoms with Crippen LogP contribution < -0.4 is 0 Å². The predicted octanol–water partition coefficient (Wildman–Crippen LogP) is 2.32. The van der Waals surface area contributed by atoms with Crippen molar-refractivity contribution in [3.8, 4) is 5.69 Å². The van der Waals surface area contributed by atoms with Crippen molar-refractivity contribution in [1.82, 2.24) is 19.7 Å². The second kappa shape index (κ2) is 8.24. The molecular formula is C19H24N4O3S2. The highest BCUT2D eigenvalue weighted by Gasteiger charge is 2.38. The number of sulfone groups is 1. The molecule has 2 heterocycles. The molecule has 7 nitrogen and oxygen atoms in total. The van der Waals surface area contributed by atoms with E-state index in [4.69, 9.17) is 0 Å². The van der Waals surface area contributed by atoms with Gasteiger partial charge in [0.15, 0.2) is 9.84 Å². The lowest BCUT2D eigenvalue weighted by Crippen LogP contribution is -2.47. The summed E-state index contributed by atoms with van der Waals surface area (Å²) in [6.07, 6.45) is 6.33. The number of aromatic nitrogens is 3. The van der Waals surface area contributed by atoms with Gasteiger partial charge in [0.05, 0.1) is 22.9 Å². The number of hydrogen-bond donors (Lipinski definition) is 0. The second-order valence-corrected chi connectivity index (χ2v) is 10.6. The second-order valence-electron chi connectivity index (χ2n) is 7.39. The summed E-state index contributed by atoms with van der Waals surface area (Å²) >= 11 is 1.31. The fraction of sp³-hybridized carbons (Fsp3) is 0.526. The lowest BCUT2D eigenvalue weighted by molar-refractivity contribution is -0.132. The van der Waals surface area contributed by atoms with Crippen LogP contribution in [0.25, 0.3) is 5.69 Å². The molecule has 1 amide bonds. The number of thioether (sulfide) groups is 1. The van der Waals surface area contributed by atoms with Gasteiger partial charge in [0.1, 0.15) is 6.33 Å². The van der Waals surface area contributed by atoms with E-state index in [0.717, 1.165) is 31.4 Å². The van der Waals surface area contributed by atoms with E-state index in [1.807, 2.05) is 35.2 Å². The Balaban J connectivity index is 1.42. The Bertz CT molecular complexity index is 924. The van der Waals surface area contributed by atoms with Crippen LogP contribution in [0.15, 0.2) is 41.8 Å². The van der Waals surface area contributed by atoms with E-state index in [1.54, 1.807) is 11.0 Å². The summed E-state index contributed by atoms with van der Waals surface area (Å²) < 4.78 is 25.6. The summed E-state index contributed by atoms with van der Waals surface area (Å²) in [5.74, 6) is 0.506. The first kappa shape index (κ1) is 19.4. The van der Waals surface area contributed by atoms with Crippen molar-refractivity contribution in [1.29, 1.82) is 0 Å². The molecule has 1 saturated carbocycles. The fourth-order valence-electron chi connectivity index (χ4n) is 4.10. The van der Waals surface area contributed by atoms with Crippen LogP contribution in [0.1, 0.15) is 32.1 Å². The lowest BCUT2D eigenvalue weighted by atomic mass is 10.1. The Kier molecular flexibility index (Phi) is 5.73. The van der Waals surface area contributed by atoms with Gasteiger partial charge in [0.2, 0.25) is 11.1 Å². The van der Waals surface area contributed by atoms with Gasteiger partial charge in [-0.1, -0.05) is 42.8 Å². The van der Waals surface area contributed by atoms with Crippen molar-refractivity contribution in [2.75, 3.05) is 17.3 Å². The third kappa shape index (κ3) is 4.41. The van der Waals surface area contributed by atoms with E-state index < -0.39 is 9.84 Å². The summed E-state index contributed by atoms with van der Waals surface area (Å²) in [4.78, 5) is 19.2. The van der Waals surface area contributed by atoms with Crippen molar-refractivity contribution >= 4 is 27.5 Å². The average Bonchev–Trinajstić information content (AvgIpc) is 3.43. The van der Waals surface area contributed by atoms with Crippen molar-refractivity contribution in [3.05, 3.63) is 36.7 Å². The molecule has 150 valence electrons. The molecule has 9 heteroatoms. The van der Waals surface area contributed by atoms with Crippen molar-refractivity contribution in [3.63, 3.8) is 0 Å². The molecule has 0 radical (unpaired) electrons. The number of para-hydroxylation sites is 1.